The molecule has 130 valence electrons. The predicted molar refractivity (Wildman–Crippen MR) is 97.1 cm³/mol. The normalized spacial score (nSPS) is 11.2. The van der Waals surface area contributed by atoms with Gasteiger partial charge in [-0.3, -0.25) is 9.20 Å². The van der Waals surface area contributed by atoms with E-state index in [4.69, 9.17) is 4.74 Å². The number of hydrogen-bond acceptors (Lipinski definition) is 5. The van der Waals surface area contributed by atoms with Crippen LogP contribution in [0.5, 0.6) is 0 Å². The molecule has 7 heteroatoms. The van der Waals surface area contributed by atoms with Crippen LogP contribution in [0.2, 0.25) is 0 Å². The van der Waals surface area contributed by atoms with Crippen molar-refractivity contribution in [1.82, 2.24) is 9.38 Å². The standard InChI is InChI=1S/C19H13FN2O3S/c1-11-4-5-22-17(6-11)21-14(9-18(22)23)10-25-19(24)16-8-12-7-13(20)2-3-15(12)26-16/h2-9H,10H2,1H3. The Hall–Kier alpha value is -3.06. The minimum atomic E-state index is -0.530. The van der Waals surface area contributed by atoms with E-state index in [2.05, 4.69) is 4.98 Å². The number of rotatable bonds is 3. The number of nitrogens with zero attached hydrogens (tertiary/aromatic N) is 2. The summed E-state index contributed by atoms with van der Waals surface area (Å²) >= 11 is 1.23. The molecule has 0 amide bonds. The topological polar surface area (TPSA) is 60.7 Å². The van der Waals surface area contributed by atoms with Gasteiger partial charge in [0.25, 0.3) is 5.56 Å². The highest BCUT2D eigenvalue weighted by Crippen LogP contribution is 2.27. The van der Waals surface area contributed by atoms with Crippen LogP contribution in [0.15, 0.2) is 53.5 Å². The van der Waals surface area contributed by atoms with Crippen molar-refractivity contribution in [3.8, 4) is 0 Å². The molecule has 0 atom stereocenters. The van der Waals surface area contributed by atoms with E-state index < -0.39 is 5.97 Å². The molecule has 0 saturated carbocycles. The van der Waals surface area contributed by atoms with Crippen molar-refractivity contribution < 1.29 is 13.9 Å². The summed E-state index contributed by atoms with van der Waals surface area (Å²) in [6.07, 6.45) is 1.66. The summed E-state index contributed by atoms with van der Waals surface area (Å²) in [5, 5.41) is 0.652. The van der Waals surface area contributed by atoms with Crippen LogP contribution >= 0.6 is 11.3 Å². The van der Waals surface area contributed by atoms with Crippen LogP contribution in [0.25, 0.3) is 15.7 Å². The third kappa shape index (κ3) is 3.09. The van der Waals surface area contributed by atoms with E-state index >= 15 is 0 Å². The number of thiophene rings is 1. The second kappa shape index (κ2) is 6.34. The van der Waals surface area contributed by atoms with E-state index in [-0.39, 0.29) is 18.0 Å². The third-order valence-electron chi connectivity index (χ3n) is 3.91. The molecule has 1 aromatic carbocycles. The van der Waals surface area contributed by atoms with Crippen molar-refractivity contribution in [1.29, 1.82) is 0 Å². The summed E-state index contributed by atoms with van der Waals surface area (Å²) in [5.41, 5.74) is 1.61. The molecule has 0 fully saturated rings. The van der Waals surface area contributed by atoms with Gasteiger partial charge in [-0.15, -0.1) is 11.3 Å². The maximum absolute atomic E-state index is 13.3. The molecule has 0 saturated heterocycles. The molecule has 4 rings (SSSR count). The Morgan fingerprint density at radius 1 is 1.23 bits per heavy atom. The van der Waals surface area contributed by atoms with Gasteiger partial charge in [-0.1, -0.05) is 0 Å². The number of aromatic nitrogens is 2. The lowest BCUT2D eigenvalue weighted by atomic mass is 10.2. The van der Waals surface area contributed by atoms with Crippen LogP contribution in [0.3, 0.4) is 0 Å². The second-order valence-electron chi connectivity index (χ2n) is 5.89. The average molecular weight is 368 g/mol. The molecule has 0 unspecified atom stereocenters. The molecule has 0 radical (unpaired) electrons. The minimum absolute atomic E-state index is 0.110. The molecular weight excluding hydrogens is 355 g/mol. The fraction of sp³-hybridized carbons (Fsp3) is 0.105. The summed E-state index contributed by atoms with van der Waals surface area (Å²) in [5.74, 6) is -0.885. The van der Waals surface area contributed by atoms with Gasteiger partial charge in [0.05, 0.1) is 5.69 Å². The zero-order valence-electron chi connectivity index (χ0n) is 13.7. The number of hydrogen-bond donors (Lipinski definition) is 0. The van der Waals surface area contributed by atoms with Crippen molar-refractivity contribution in [2.24, 2.45) is 0 Å². The van der Waals surface area contributed by atoms with Crippen LogP contribution in [0, 0.1) is 12.7 Å². The first-order valence-electron chi connectivity index (χ1n) is 7.85. The maximum Gasteiger partial charge on any atom is 0.348 e. The predicted octanol–water partition coefficient (Wildman–Crippen LogP) is 3.71. The first-order valence-corrected chi connectivity index (χ1v) is 8.66. The van der Waals surface area contributed by atoms with E-state index in [9.17, 15) is 14.0 Å². The molecule has 5 nitrogen and oxygen atoms in total. The maximum atomic E-state index is 13.3. The smallest absolute Gasteiger partial charge is 0.348 e. The first kappa shape index (κ1) is 16.4. The highest BCUT2D eigenvalue weighted by molar-refractivity contribution is 7.20. The van der Waals surface area contributed by atoms with Gasteiger partial charge in [-0.05, 0) is 54.3 Å². The molecule has 0 aliphatic heterocycles. The van der Waals surface area contributed by atoms with E-state index in [1.165, 1.54) is 33.9 Å². The molecular formula is C19H13FN2O3S. The van der Waals surface area contributed by atoms with E-state index in [1.54, 1.807) is 24.4 Å². The van der Waals surface area contributed by atoms with Crippen LogP contribution < -0.4 is 5.56 Å². The Kier molecular flexibility index (Phi) is 4.00. The number of aryl methyl sites for hydroxylation is 1. The molecule has 0 spiro atoms. The molecule has 0 N–H and O–H groups in total. The van der Waals surface area contributed by atoms with Gasteiger partial charge >= 0.3 is 5.97 Å². The number of fused-ring (bicyclic) bond motifs is 2. The first-order chi connectivity index (χ1) is 12.5. The molecule has 3 aromatic heterocycles. The fourth-order valence-corrected chi connectivity index (χ4v) is 3.59. The van der Waals surface area contributed by atoms with E-state index in [0.29, 0.717) is 21.6 Å². The number of carbonyl (C=O) groups is 1. The molecule has 0 aliphatic carbocycles. The molecule has 0 bridgehead atoms. The molecule has 26 heavy (non-hydrogen) atoms. The summed E-state index contributed by atoms with van der Waals surface area (Å²) in [6.45, 7) is 1.80. The Balaban J connectivity index is 1.56. The van der Waals surface area contributed by atoms with Gasteiger partial charge in [0.1, 0.15) is 22.9 Å². The Morgan fingerprint density at radius 3 is 2.92 bits per heavy atom. The quantitative estimate of drug-likeness (QED) is 0.517. The zero-order valence-corrected chi connectivity index (χ0v) is 14.5. The van der Waals surface area contributed by atoms with E-state index in [1.807, 2.05) is 13.0 Å². The monoisotopic (exact) mass is 368 g/mol. The lowest BCUT2D eigenvalue weighted by molar-refractivity contribution is 0.0473. The van der Waals surface area contributed by atoms with Crippen LogP contribution in [0.1, 0.15) is 20.9 Å². The number of benzene rings is 1. The van der Waals surface area contributed by atoms with Crippen LogP contribution in [-0.2, 0) is 11.3 Å². The summed E-state index contributed by atoms with van der Waals surface area (Å²) in [4.78, 5) is 29.1. The lowest BCUT2D eigenvalue weighted by Gasteiger charge is -2.05. The van der Waals surface area contributed by atoms with Gasteiger partial charge in [0.2, 0.25) is 0 Å². The second-order valence-corrected chi connectivity index (χ2v) is 6.97. The largest absolute Gasteiger partial charge is 0.455 e. The van der Waals surface area contributed by atoms with Crippen molar-refractivity contribution in [2.45, 2.75) is 13.5 Å². The van der Waals surface area contributed by atoms with Gasteiger partial charge in [-0.25, -0.2) is 14.2 Å². The summed E-state index contributed by atoms with van der Waals surface area (Å²) in [6, 6.07) is 10.9. The van der Waals surface area contributed by atoms with Crippen molar-refractivity contribution in [3.63, 3.8) is 0 Å². The van der Waals surface area contributed by atoms with Gasteiger partial charge in [0, 0.05) is 17.0 Å². The SMILES string of the molecule is Cc1ccn2c(=O)cc(COC(=O)c3cc4cc(F)ccc4s3)nc2c1. The van der Waals surface area contributed by atoms with Crippen molar-refractivity contribution in [2.75, 3.05) is 0 Å². The molecule has 4 aromatic rings. The average Bonchev–Trinajstić information content (AvgIpc) is 3.02. The van der Waals surface area contributed by atoms with E-state index in [0.717, 1.165) is 10.3 Å². The highest BCUT2D eigenvalue weighted by Gasteiger charge is 2.13. The minimum Gasteiger partial charge on any atom is -0.455 e. The summed E-state index contributed by atoms with van der Waals surface area (Å²) < 4.78 is 20.8. The Morgan fingerprint density at radius 2 is 2.08 bits per heavy atom. The zero-order chi connectivity index (χ0) is 18.3. The van der Waals surface area contributed by atoms with Crippen molar-refractivity contribution >= 4 is 33.0 Å². The van der Waals surface area contributed by atoms with Gasteiger partial charge in [-0.2, -0.15) is 0 Å². The molecule has 3 heterocycles. The molecule has 0 aliphatic rings. The number of halogens is 1. The van der Waals surface area contributed by atoms with Crippen LogP contribution in [-0.4, -0.2) is 15.4 Å². The number of carbonyl (C=O) groups excluding carboxylic acids is 1. The number of esters is 1. The Bertz CT molecular complexity index is 1210. The lowest BCUT2D eigenvalue weighted by Crippen LogP contribution is -2.16. The third-order valence-corrected chi connectivity index (χ3v) is 5.00. The fourth-order valence-electron chi connectivity index (χ4n) is 2.65. The highest BCUT2D eigenvalue weighted by atomic mass is 32.1. The number of pyridine rings is 1. The van der Waals surface area contributed by atoms with Crippen molar-refractivity contribution in [3.05, 3.63) is 81.0 Å². The van der Waals surface area contributed by atoms with Crippen LogP contribution in [0.4, 0.5) is 4.39 Å². The Labute approximate surface area is 151 Å². The summed E-state index contributed by atoms with van der Waals surface area (Å²) in [7, 11) is 0. The number of ether oxygens (including phenoxy) is 1. The van der Waals surface area contributed by atoms with Gasteiger partial charge in [0.15, 0.2) is 0 Å². The van der Waals surface area contributed by atoms with Gasteiger partial charge < -0.3 is 4.74 Å².